The van der Waals surface area contributed by atoms with Gasteiger partial charge < -0.3 is 9.64 Å². The van der Waals surface area contributed by atoms with Crippen molar-refractivity contribution in [3.63, 3.8) is 0 Å². The minimum Gasteiger partial charge on any atom is -0.471 e. The lowest BCUT2D eigenvalue weighted by Crippen LogP contribution is -2.31. The molecule has 5 nitrogen and oxygen atoms in total. The summed E-state index contributed by atoms with van der Waals surface area (Å²) in [7, 11) is 0. The Morgan fingerprint density at radius 2 is 2.00 bits per heavy atom. The molecular weight excluding hydrogens is 302 g/mol. The van der Waals surface area contributed by atoms with Crippen molar-refractivity contribution in [1.29, 1.82) is 0 Å². The molecule has 1 fully saturated rings. The predicted molar refractivity (Wildman–Crippen MR) is 90.9 cm³/mol. The summed E-state index contributed by atoms with van der Waals surface area (Å²) in [5.41, 5.74) is 0.744. The number of nitrogens with zero attached hydrogens (tertiary/aromatic N) is 3. The number of amides is 1. The van der Waals surface area contributed by atoms with Crippen LogP contribution in [-0.2, 0) is 0 Å². The predicted octanol–water partition coefficient (Wildman–Crippen LogP) is 2.92. The van der Waals surface area contributed by atoms with Gasteiger partial charge in [-0.3, -0.25) is 9.78 Å². The van der Waals surface area contributed by atoms with Crippen molar-refractivity contribution in [2.24, 2.45) is 0 Å². The van der Waals surface area contributed by atoms with Crippen LogP contribution in [0.15, 0.2) is 61.1 Å². The lowest BCUT2D eigenvalue weighted by Gasteiger charge is -2.18. The van der Waals surface area contributed by atoms with Crippen LogP contribution in [0.3, 0.4) is 0 Å². The molecule has 0 saturated carbocycles. The van der Waals surface area contributed by atoms with Crippen molar-refractivity contribution in [2.75, 3.05) is 13.1 Å². The summed E-state index contributed by atoms with van der Waals surface area (Å²) in [6.45, 7) is 1.26. The molecule has 0 spiro atoms. The minimum absolute atomic E-state index is 0.0411. The van der Waals surface area contributed by atoms with Gasteiger partial charge in [-0.1, -0.05) is 36.4 Å². The largest absolute Gasteiger partial charge is 0.471 e. The summed E-state index contributed by atoms with van der Waals surface area (Å²) in [5, 5.41) is 2.07. The highest BCUT2D eigenvalue weighted by Gasteiger charge is 2.29. The van der Waals surface area contributed by atoms with Crippen molar-refractivity contribution in [3.05, 3.63) is 66.6 Å². The Hall–Kier alpha value is -2.95. The van der Waals surface area contributed by atoms with Crippen molar-refractivity contribution < 1.29 is 9.53 Å². The van der Waals surface area contributed by atoms with Crippen LogP contribution in [0.2, 0.25) is 0 Å². The molecule has 24 heavy (non-hydrogen) atoms. The number of hydrogen-bond acceptors (Lipinski definition) is 4. The van der Waals surface area contributed by atoms with Gasteiger partial charge in [-0.15, -0.1) is 0 Å². The second kappa shape index (κ2) is 6.28. The monoisotopic (exact) mass is 319 g/mol. The molecule has 0 aliphatic carbocycles. The molecule has 2 heterocycles. The van der Waals surface area contributed by atoms with E-state index in [0.717, 1.165) is 22.8 Å². The Morgan fingerprint density at radius 1 is 1.12 bits per heavy atom. The smallest absolute Gasteiger partial charge is 0.254 e. The molecule has 0 N–H and O–H groups in total. The normalized spacial score (nSPS) is 17.2. The van der Waals surface area contributed by atoms with E-state index < -0.39 is 0 Å². The Kier molecular flexibility index (Phi) is 3.83. The van der Waals surface area contributed by atoms with E-state index in [0.29, 0.717) is 19.0 Å². The molecule has 1 aliphatic rings. The molecule has 1 aromatic heterocycles. The molecule has 4 rings (SSSR count). The van der Waals surface area contributed by atoms with Gasteiger partial charge in [0.15, 0.2) is 0 Å². The zero-order valence-corrected chi connectivity index (χ0v) is 13.1. The molecule has 0 radical (unpaired) electrons. The summed E-state index contributed by atoms with van der Waals surface area (Å²) in [4.78, 5) is 22.9. The quantitative estimate of drug-likeness (QED) is 0.745. The van der Waals surface area contributed by atoms with Crippen LogP contribution in [0, 0.1) is 0 Å². The highest BCUT2D eigenvalue weighted by molar-refractivity contribution is 6.07. The zero-order valence-electron chi connectivity index (χ0n) is 13.1. The van der Waals surface area contributed by atoms with E-state index in [4.69, 9.17) is 4.74 Å². The van der Waals surface area contributed by atoms with E-state index >= 15 is 0 Å². The number of ether oxygens (including phenoxy) is 1. The third-order valence-corrected chi connectivity index (χ3v) is 4.28. The van der Waals surface area contributed by atoms with Crippen LogP contribution < -0.4 is 4.74 Å². The first-order valence-electron chi connectivity index (χ1n) is 8.01. The molecule has 120 valence electrons. The molecule has 1 unspecified atom stereocenters. The van der Waals surface area contributed by atoms with Gasteiger partial charge in [-0.2, -0.15) is 0 Å². The Labute approximate surface area is 139 Å². The maximum absolute atomic E-state index is 12.9. The summed E-state index contributed by atoms with van der Waals surface area (Å²) in [5.74, 6) is 0.555. The van der Waals surface area contributed by atoms with Crippen LogP contribution in [0.25, 0.3) is 10.8 Å². The molecule has 1 aliphatic heterocycles. The topological polar surface area (TPSA) is 55.3 Å². The highest BCUT2D eigenvalue weighted by atomic mass is 16.5. The standard InChI is InChI=1S/C19H17N3O2/c23-19(17-7-3-5-14-4-1-2-6-16(14)17)22-11-8-15(13-22)24-18-12-20-9-10-21-18/h1-7,9-10,12,15H,8,11,13H2. The number of fused-ring (bicyclic) bond motifs is 1. The van der Waals surface area contributed by atoms with Gasteiger partial charge in [0.25, 0.3) is 5.91 Å². The fourth-order valence-electron chi connectivity index (χ4n) is 3.11. The Balaban J connectivity index is 1.51. The molecule has 5 heteroatoms. The minimum atomic E-state index is -0.0411. The summed E-state index contributed by atoms with van der Waals surface area (Å²) >= 11 is 0. The number of carbonyl (C=O) groups is 1. The van der Waals surface area contributed by atoms with Crippen LogP contribution in [0.1, 0.15) is 16.8 Å². The first-order chi connectivity index (χ1) is 11.8. The summed E-state index contributed by atoms with van der Waals surface area (Å²) in [6, 6.07) is 13.8. The molecule has 2 aromatic carbocycles. The van der Waals surface area contributed by atoms with Crippen molar-refractivity contribution >= 4 is 16.7 Å². The lowest BCUT2D eigenvalue weighted by atomic mass is 10.0. The van der Waals surface area contributed by atoms with Gasteiger partial charge in [-0.25, -0.2) is 4.98 Å². The van der Waals surface area contributed by atoms with Crippen LogP contribution in [-0.4, -0.2) is 40.0 Å². The van der Waals surface area contributed by atoms with Crippen molar-refractivity contribution in [1.82, 2.24) is 14.9 Å². The first-order valence-corrected chi connectivity index (χ1v) is 8.01. The van der Waals surface area contributed by atoms with Gasteiger partial charge in [0.2, 0.25) is 5.88 Å². The molecule has 1 atom stereocenters. The highest BCUT2D eigenvalue weighted by Crippen LogP contribution is 2.23. The van der Waals surface area contributed by atoms with Crippen molar-refractivity contribution in [2.45, 2.75) is 12.5 Å². The van der Waals surface area contributed by atoms with E-state index in [9.17, 15) is 4.79 Å². The third kappa shape index (κ3) is 2.80. The second-order valence-corrected chi connectivity index (χ2v) is 5.85. The number of likely N-dealkylation sites (tertiary alicyclic amines) is 1. The van der Waals surface area contributed by atoms with E-state index in [2.05, 4.69) is 9.97 Å². The SMILES string of the molecule is O=C(c1cccc2ccccc12)N1CCC(Oc2cnccn2)C1. The van der Waals surface area contributed by atoms with Gasteiger partial charge in [-0.05, 0) is 16.8 Å². The summed E-state index contributed by atoms with van der Waals surface area (Å²) < 4.78 is 5.81. The number of rotatable bonds is 3. The Bertz CT molecular complexity index is 861. The van der Waals surface area contributed by atoms with Crippen LogP contribution in [0.5, 0.6) is 5.88 Å². The fourth-order valence-corrected chi connectivity index (χ4v) is 3.11. The van der Waals surface area contributed by atoms with E-state index in [1.165, 1.54) is 0 Å². The molecule has 3 aromatic rings. The van der Waals surface area contributed by atoms with Crippen molar-refractivity contribution in [3.8, 4) is 5.88 Å². The molecule has 1 amide bonds. The van der Waals surface area contributed by atoms with Crippen LogP contribution in [0.4, 0.5) is 0 Å². The third-order valence-electron chi connectivity index (χ3n) is 4.28. The zero-order chi connectivity index (χ0) is 16.4. The number of benzene rings is 2. The number of aromatic nitrogens is 2. The van der Waals surface area contributed by atoms with E-state index in [-0.39, 0.29) is 12.0 Å². The second-order valence-electron chi connectivity index (χ2n) is 5.85. The average Bonchev–Trinajstić information content (AvgIpc) is 3.10. The summed E-state index contributed by atoms with van der Waals surface area (Å²) in [6.07, 6.45) is 5.56. The fraction of sp³-hybridized carbons (Fsp3) is 0.211. The first kappa shape index (κ1) is 14.6. The Morgan fingerprint density at radius 3 is 2.88 bits per heavy atom. The average molecular weight is 319 g/mol. The molecule has 0 bridgehead atoms. The number of hydrogen-bond donors (Lipinski definition) is 0. The maximum atomic E-state index is 12.9. The van der Waals surface area contributed by atoms with Gasteiger partial charge in [0.05, 0.1) is 12.7 Å². The lowest BCUT2D eigenvalue weighted by molar-refractivity contribution is 0.0773. The van der Waals surface area contributed by atoms with Crippen LogP contribution >= 0.6 is 0 Å². The van der Waals surface area contributed by atoms with Gasteiger partial charge in [0, 0.05) is 30.9 Å². The molecular formula is C19H17N3O2. The number of carbonyl (C=O) groups excluding carboxylic acids is 1. The van der Waals surface area contributed by atoms with Gasteiger partial charge >= 0.3 is 0 Å². The van der Waals surface area contributed by atoms with E-state index in [1.54, 1.807) is 18.6 Å². The van der Waals surface area contributed by atoms with Gasteiger partial charge in [0.1, 0.15) is 6.10 Å². The molecule has 1 saturated heterocycles. The maximum Gasteiger partial charge on any atom is 0.254 e. The van der Waals surface area contributed by atoms with E-state index in [1.807, 2.05) is 47.4 Å².